The number of hydrogen-bond acceptors (Lipinski definition) is 3. The van der Waals surface area contributed by atoms with E-state index in [1.54, 1.807) is 18.2 Å². The van der Waals surface area contributed by atoms with Gasteiger partial charge in [0.05, 0.1) is 0 Å². The molecule has 1 aromatic carbocycles. The molecule has 0 bridgehead atoms. The first-order chi connectivity index (χ1) is 11.9. The molecular weight excluding hydrogens is 320 g/mol. The summed E-state index contributed by atoms with van der Waals surface area (Å²) in [7, 11) is 0. The van der Waals surface area contributed by atoms with Crippen LogP contribution in [0.3, 0.4) is 0 Å². The second-order valence-electron chi connectivity index (χ2n) is 5.91. The predicted octanol–water partition coefficient (Wildman–Crippen LogP) is 3.35. The summed E-state index contributed by atoms with van der Waals surface area (Å²) in [6.45, 7) is 5.04. The number of unbranched alkanes of at least 4 members (excludes halogenated alkanes) is 4. The number of anilines is 1. The maximum absolute atomic E-state index is 12.3. The highest BCUT2D eigenvalue weighted by Gasteiger charge is 2.20. The number of aliphatic carboxylic acids is 1. The van der Waals surface area contributed by atoms with Crippen LogP contribution in [0.15, 0.2) is 36.9 Å². The zero-order valence-electron chi connectivity index (χ0n) is 14.6. The normalized spacial score (nSPS) is 11.4. The average molecular weight is 346 g/mol. The molecule has 136 valence electrons. The molecule has 0 aliphatic heterocycles. The van der Waals surface area contributed by atoms with Crippen molar-refractivity contribution in [2.45, 2.75) is 51.5 Å². The van der Waals surface area contributed by atoms with E-state index in [1.165, 1.54) is 13.0 Å². The molecular formula is C19H26N2O4. The standard InChI is InChI=1S/C19H26N2O4/c1-3-4-5-6-7-8-12-17(19(24)25)21-18(23)15-10-9-11-16(13-15)20-14(2)22/h3,9-11,13,17H,1,4-8,12H2,2H3,(H,20,22)(H,21,23)(H,24,25)/t17-/m1/s1. The zero-order valence-corrected chi connectivity index (χ0v) is 14.6. The molecule has 0 spiro atoms. The van der Waals surface area contributed by atoms with Crippen LogP contribution in [0.5, 0.6) is 0 Å². The SMILES string of the molecule is C=CCCCCCC[C@@H](NC(=O)c1cccc(NC(C)=O)c1)C(=O)O. The van der Waals surface area contributed by atoms with Crippen molar-refractivity contribution < 1.29 is 19.5 Å². The van der Waals surface area contributed by atoms with Crippen LogP contribution in [-0.4, -0.2) is 28.9 Å². The van der Waals surface area contributed by atoms with E-state index in [0.29, 0.717) is 17.7 Å². The summed E-state index contributed by atoms with van der Waals surface area (Å²) in [5.74, 6) is -1.75. The lowest BCUT2D eigenvalue weighted by Crippen LogP contribution is -2.40. The molecule has 2 amide bonds. The lowest BCUT2D eigenvalue weighted by atomic mass is 10.1. The first-order valence-corrected chi connectivity index (χ1v) is 8.46. The number of carbonyl (C=O) groups is 3. The van der Waals surface area contributed by atoms with Gasteiger partial charge in [0.2, 0.25) is 5.91 Å². The first-order valence-electron chi connectivity index (χ1n) is 8.46. The fourth-order valence-corrected chi connectivity index (χ4v) is 2.43. The van der Waals surface area contributed by atoms with Gasteiger partial charge in [0.1, 0.15) is 6.04 Å². The fraction of sp³-hybridized carbons (Fsp3) is 0.421. The van der Waals surface area contributed by atoms with Crippen molar-refractivity contribution in [2.24, 2.45) is 0 Å². The van der Waals surface area contributed by atoms with Gasteiger partial charge in [0, 0.05) is 18.2 Å². The Morgan fingerprint density at radius 1 is 1.20 bits per heavy atom. The summed E-state index contributed by atoms with van der Waals surface area (Å²) >= 11 is 0. The Morgan fingerprint density at radius 2 is 1.92 bits per heavy atom. The monoisotopic (exact) mass is 346 g/mol. The van der Waals surface area contributed by atoms with E-state index in [-0.39, 0.29) is 5.91 Å². The van der Waals surface area contributed by atoms with E-state index in [0.717, 1.165) is 32.1 Å². The summed E-state index contributed by atoms with van der Waals surface area (Å²) in [6.07, 6.45) is 6.94. The number of carbonyl (C=O) groups excluding carboxylic acids is 2. The molecule has 0 aromatic heterocycles. The molecule has 1 atom stereocenters. The molecule has 6 heteroatoms. The van der Waals surface area contributed by atoms with Gasteiger partial charge in [0.25, 0.3) is 5.91 Å². The second-order valence-corrected chi connectivity index (χ2v) is 5.91. The molecule has 0 saturated heterocycles. The predicted molar refractivity (Wildman–Crippen MR) is 97.5 cm³/mol. The van der Waals surface area contributed by atoms with Crippen LogP contribution in [-0.2, 0) is 9.59 Å². The highest BCUT2D eigenvalue weighted by molar-refractivity contribution is 5.98. The zero-order chi connectivity index (χ0) is 18.7. The van der Waals surface area contributed by atoms with Gasteiger partial charge in [-0.2, -0.15) is 0 Å². The summed E-state index contributed by atoms with van der Waals surface area (Å²) in [5.41, 5.74) is 0.803. The van der Waals surface area contributed by atoms with E-state index in [2.05, 4.69) is 17.2 Å². The van der Waals surface area contributed by atoms with Crippen molar-refractivity contribution in [3.63, 3.8) is 0 Å². The van der Waals surface area contributed by atoms with Crippen LogP contribution >= 0.6 is 0 Å². The van der Waals surface area contributed by atoms with Gasteiger partial charge in [-0.3, -0.25) is 9.59 Å². The lowest BCUT2D eigenvalue weighted by Gasteiger charge is -2.15. The number of carboxylic acid groups (broad SMARTS) is 1. The number of benzene rings is 1. The molecule has 0 unspecified atom stereocenters. The number of allylic oxidation sites excluding steroid dienone is 1. The van der Waals surface area contributed by atoms with Gasteiger partial charge in [-0.15, -0.1) is 6.58 Å². The minimum Gasteiger partial charge on any atom is -0.480 e. The third-order valence-corrected chi connectivity index (χ3v) is 3.70. The van der Waals surface area contributed by atoms with Crippen LogP contribution in [0, 0.1) is 0 Å². The van der Waals surface area contributed by atoms with E-state index in [9.17, 15) is 19.5 Å². The molecule has 6 nitrogen and oxygen atoms in total. The molecule has 0 aliphatic rings. The minimum absolute atomic E-state index is 0.238. The Hall–Kier alpha value is -2.63. The van der Waals surface area contributed by atoms with Gasteiger partial charge in [-0.1, -0.05) is 31.4 Å². The fourth-order valence-electron chi connectivity index (χ4n) is 2.43. The molecule has 0 heterocycles. The van der Waals surface area contributed by atoms with Crippen LogP contribution < -0.4 is 10.6 Å². The Bertz CT molecular complexity index is 613. The topological polar surface area (TPSA) is 95.5 Å². The number of nitrogens with one attached hydrogen (secondary N) is 2. The van der Waals surface area contributed by atoms with Crippen LogP contribution in [0.2, 0.25) is 0 Å². The van der Waals surface area contributed by atoms with Gasteiger partial charge in [-0.25, -0.2) is 4.79 Å². The highest BCUT2D eigenvalue weighted by Crippen LogP contribution is 2.12. The molecule has 0 saturated carbocycles. The van der Waals surface area contributed by atoms with Crippen molar-refractivity contribution in [2.75, 3.05) is 5.32 Å². The third-order valence-electron chi connectivity index (χ3n) is 3.70. The highest BCUT2D eigenvalue weighted by atomic mass is 16.4. The minimum atomic E-state index is -1.04. The molecule has 0 aliphatic carbocycles. The molecule has 3 N–H and O–H groups in total. The average Bonchev–Trinajstić information content (AvgIpc) is 2.56. The van der Waals surface area contributed by atoms with Crippen LogP contribution in [0.1, 0.15) is 55.8 Å². The lowest BCUT2D eigenvalue weighted by molar-refractivity contribution is -0.139. The maximum atomic E-state index is 12.3. The van der Waals surface area contributed by atoms with E-state index in [1.807, 2.05) is 6.08 Å². The third kappa shape index (κ3) is 8.15. The van der Waals surface area contributed by atoms with Crippen molar-refractivity contribution in [1.82, 2.24) is 5.32 Å². The Labute approximate surface area is 148 Å². The van der Waals surface area contributed by atoms with Crippen molar-refractivity contribution in [1.29, 1.82) is 0 Å². The summed E-state index contributed by atoms with van der Waals surface area (Å²) < 4.78 is 0. The maximum Gasteiger partial charge on any atom is 0.326 e. The first kappa shape index (κ1) is 20.4. The molecule has 25 heavy (non-hydrogen) atoms. The van der Waals surface area contributed by atoms with E-state index in [4.69, 9.17) is 0 Å². The van der Waals surface area contributed by atoms with E-state index >= 15 is 0 Å². The second kappa shape index (κ2) is 11.0. The Kier molecular flexibility index (Phi) is 9.00. The number of rotatable bonds is 11. The number of hydrogen-bond donors (Lipinski definition) is 3. The van der Waals surface area contributed by atoms with Gasteiger partial charge in [-0.05, 0) is 37.5 Å². The van der Waals surface area contributed by atoms with E-state index < -0.39 is 17.9 Å². The number of carboxylic acids is 1. The van der Waals surface area contributed by atoms with Gasteiger partial charge < -0.3 is 15.7 Å². The molecule has 1 aromatic rings. The van der Waals surface area contributed by atoms with Crippen LogP contribution in [0.4, 0.5) is 5.69 Å². The number of amides is 2. The summed E-state index contributed by atoms with van der Waals surface area (Å²) in [6, 6.07) is 5.47. The van der Waals surface area contributed by atoms with Crippen LogP contribution in [0.25, 0.3) is 0 Å². The smallest absolute Gasteiger partial charge is 0.326 e. The van der Waals surface area contributed by atoms with Crippen molar-refractivity contribution in [3.8, 4) is 0 Å². The molecule has 0 radical (unpaired) electrons. The largest absolute Gasteiger partial charge is 0.480 e. The van der Waals surface area contributed by atoms with Crippen molar-refractivity contribution in [3.05, 3.63) is 42.5 Å². The Balaban J connectivity index is 2.56. The van der Waals surface area contributed by atoms with Gasteiger partial charge in [0.15, 0.2) is 0 Å². The molecule has 0 fully saturated rings. The van der Waals surface area contributed by atoms with Crippen molar-refractivity contribution >= 4 is 23.5 Å². The molecule has 1 rings (SSSR count). The van der Waals surface area contributed by atoms with Gasteiger partial charge >= 0.3 is 5.97 Å². The summed E-state index contributed by atoms with van der Waals surface area (Å²) in [5, 5.41) is 14.4. The summed E-state index contributed by atoms with van der Waals surface area (Å²) in [4.78, 5) is 34.7. The Morgan fingerprint density at radius 3 is 2.56 bits per heavy atom. The quantitative estimate of drug-likeness (QED) is 0.423.